The standard InChI is InChI=1S/C15H15F2NO2/c1-19-14-4-2-3-12(9-14)18-10-11-5-7-13(8-6-11)20-15(16)17/h2-9,15,18H,10H2,1H3. The molecular formula is C15H15F2NO2. The van der Waals surface area contributed by atoms with E-state index in [0.717, 1.165) is 17.0 Å². The third-order valence-electron chi connectivity index (χ3n) is 2.71. The minimum absolute atomic E-state index is 0.158. The zero-order valence-electron chi connectivity index (χ0n) is 11.0. The van der Waals surface area contributed by atoms with Crippen molar-refractivity contribution in [3.63, 3.8) is 0 Å². The first-order valence-corrected chi connectivity index (χ1v) is 6.09. The van der Waals surface area contributed by atoms with Gasteiger partial charge in [0.2, 0.25) is 0 Å². The molecule has 0 aromatic heterocycles. The number of benzene rings is 2. The molecule has 1 N–H and O–H groups in total. The summed E-state index contributed by atoms with van der Waals surface area (Å²) >= 11 is 0. The van der Waals surface area contributed by atoms with Gasteiger partial charge in [-0.05, 0) is 29.8 Å². The Bertz CT molecular complexity index is 544. The van der Waals surface area contributed by atoms with E-state index in [4.69, 9.17) is 4.74 Å². The summed E-state index contributed by atoms with van der Waals surface area (Å²) < 4.78 is 33.5. The van der Waals surface area contributed by atoms with Gasteiger partial charge in [-0.3, -0.25) is 0 Å². The number of hydrogen-bond acceptors (Lipinski definition) is 3. The molecule has 20 heavy (non-hydrogen) atoms. The van der Waals surface area contributed by atoms with Crippen LogP contribution in [0.5, 0.6) is 11.5 Å². The number of ether oxygens (including phenoxy) is 2. The summed E-state index contributed by atoms with van der Waals surface area (Å²) in [5.74, 6) is 0.931. The Hall–Kier alpha value is -2.30. The maximum atomic E-state index is 12.0. The lowest BCUT2D eigenvalue weighted by Crippen LogP contribution is -2.03. The van der Waals surface area contributed by atoms with E-state index in [-0.39, 0.29) is 5.75 Å². The quantitative estimate of drug-likeness (QED) is 0.869. The molecule has 0 saturated carbocycles. The fraction of sp³-hybridized carbons (Fsp3) is 0.200. The molecule has 106 valence electrons. The Labute approximate surface area is 116 Å². The zero-order chi connectivity index (χ0) is 14.4. The number of rotatable bonds is 6. The molecule has 0 amide bonds. The van der Waals surface area contributed by atoms with E-state index in [2.05, 4.69) is 10.1 Å². The van der Waals surface area contributed by atoms with Gasteiger partial charge in [-0.15, -0.1) is 0 Å². The van der Waals surface area contributed by atoms with Crippen LogP contribution in [0.1, 0.15) is 5.56 Å². The van der Waals surface area contributed by atoms with Gasteiger partial charge in [-0.1, -0.05) is 18.2 Å². The van der Waals surface area contributed by atoms with E-state index >= 15 is 0 Å². The van der Waals surface area contributed by atoms with Crippen molar-refractivity contribution in [3.8, 4) is 11.5 Å². The Balaban J connectivity index is 1.93. The highest BCUT2D eigenvalue weighted by Crippen LogP contribution is 2.19. The van der Waals surface area contributed by atoms with Crippen molar-refractivity contribution < 1.29 is 18.3 Å². The van der Waals surface area contributed by atoms with E-state index in [1.54, 1.807) is 19.2 Å². The molecule has 2 rings (SSSR count). The molecular weight excluding hydrogens is 264 g/mol. The average molecular weight is 279 g/mol. The fourth-order valence-electron chi connectivity index (χ4n) is 1.73. The van der Waals surface area contributed by atoms with Crippen LogP contribution in [0.2, 0.25) is 0 Å². The van der Waals surface area contributed by atoms with Crippen molar-refractivity contribution in [1.29, 1.82) is 0 Å². The van der Waals surface area contributed by atoms with Crippen LogP contribution in [-0.2, 0) is 6.54 Å². The van der Waals surface area contributed by atoms with Gasteiger partial charge in [0.15, 0.2) is 0 Å². The predicted molar refractivity (Wildman–Crippen MR) is 73.4 cm³/mol. The largest absolute Gasteiger partial charge is 0.497 e. The van der Waals surface area contributed by atoms with Crippen LogP contribution in [0, 0.1) is 0 Å². The van der Waals surface area contributed by atoms with E-state index in [1.807, 2.05) is 24.3 Å². The number of nitrogens with one attached hydrogen (secondary N) is 1. The average Bonchev–Trinajstić information content (AvgIpc) is 2.46. The third kappa shape index (κ3) is 4.12. The number of methoxy groups -OCH3 is 1. The van der Waals surface area contributed by atoms with Crippen molar-refractivity contribution in [1.82, 2.24) is 0 Å². The summed E-state index contributed by atoms with van der Waals surface area (Å²) in [5.41, 5.74) is 1.90. The van der Waals surface area contributed by atoms with Gasteiger partial charge in [0.25, 0.3) is 0 Å². The summed E-state index contributed by atoms with van der Waals surface area (Å²) in [6, 6.07) is 14.1. The van der Waals surface area contributed by atoms with Crippen LogP contribution in [-0.4, -0.2) is 13.7 Å². The van der Waals surface area contributed by atoms with Gasteiger partial charge < -0.3 is 14.8 Å². The van der Waals surface area contributed by atoms with Crippen LogP contribution in [0.15, 0.2) is 48.5 Å². The lowest BCUT2D eigenvalue weighted by Gasteiger charge is -2.09. The van der Waals surface area contributed by atoms with Gasteiger partial charge in [0.05, 0.1) is 7.11 Å². The van der Waals surface area contributed by atoms with Gasteiger partial charge in [0, 0.05) is 18.3 Å². The van der Waals surface area contributed by atoms with Crippen molar-refractivity contribution in [2.24, 2.45) is 0 Å². The second-order valence-electron chi connectivity index (χ2n) is 4.11. The molecule has 0 radical (unpaired) electrons. The molecule has 0 unspecified atom stereocenters. The molecule has 2 aromatic carbocycles. The van der Waals surface area contributed by atoms with E-state index in [9.17, 15) is 8.78 Å². The third-order valence-corrected chi connectivity index (χ3v) is 2.71. The molecule has 0 aliphatic rings. The number of hydrogen-bond donors (Lipinski definition) is 1. The smallest absolute Gasteiger partial charge is 0.387 e. The van der Waals surface area contributed by atoms with Gasteiger partial charge >= 0.3 is 6.61 Å². The van der Waals surface area contributed by atoms with Crippen LogP contribution >= 0.6 is 0 Å². The maximum absolute atomic E-state index is 12.0. The summed E-state index contributed by atoms with van der Waals surface area (Å²) in [6.07, 6.45) is 0. The second-order valence-corrected chi connectivity index (χ2v) is 4.11. The highest BCUT2D eigenvalue weighted by molar-refractivity contribution is 5.48. The van der Waals surface area contributed by atoms with Crippen LogP contribution in [0.3, 0.4) is 0 Å². The van der Waals surface area contributed by atoms with Crippen LogP contribution in [0.25, 0.3) is 0 Å². The zero-order valence-corrected chi connectivity index (χ0v) is 11.0. The van der Waals surface area contributed by atoms with Gasteiger partial charge in [-0.25, -0.2) is 0 Å². The van der Waals surface area contributed by atoms with E-state index in [1.165, 1.54) is 12.1 Å². The van der Waals surface area contributed by atoms with Crippen molar-refractivity contribution in [2.75, 3.05) is 12.4 Å². The minimum atomic E-state index is -2.80. The molecule has 0 spiro atoms. The molecule has 0 fully saturated rings. The van der Waals surface area contributed by atoms with E-state index < -0.39 is 6.61 Å². The second kappa shape index (κ2) is 6.75. The molecule has 3 nitrogen and oxygen atoms in total. The number of halogens is 2. The normalized spacial score (nSPS) is 10.4. The Morgan fingerprint density at radius 3 is 2.45 bits per heavy atom. The summed E-state index contributed by atoms with van der Waals surface area (Å²) in [6.45, 7) is -2.21. The molecule has 5 heteroatoms. The highest BCUT2D eigenvalue weighted by Gasteiger charge is 2.03. The SMILES string of the molecule is COc1cccc(NCc2ccc(OC(F)F)cc2)c1. The number of alkyl halides is 2. The van der Waals surface area contributed by atoms with E-state index in [0.29, 0.717) is 6.54 Å². The monoisotopic (exact) mass is 279 g/mol. The lowest BCUT2D eigenvalue weighted by atomic mass is 10.2. The first-order valence-electron chi connectivity index (χ1n) is 6.09. The van der Waals surface area contributed by atoms with Crippen LogP contribution in [0.4, 0.5) is 14.5 Å². The van der Waals surface area contributed by atoms with Gasteiger partial charge in [-0.2, -0.15) is 8.78 Å². The van der Waals surface area contributed by atoms with Crippen molar-refractivity contribution >= 4 is 5.69 Å². The molecule has 0 saturated heterocycles. The molecule has 0 heterocycles. The van der Waals surface area contributed by atoms with Crippen LogP contribution < -0.4 is 14.8 Å². The first-order chi connectivity index (χ1) is 9.67. The topological polar surface area (TPSA) is 30.5 Å². The van der Waals surface area contributed by atoms with Crippen molar-refractivity contribution in [3.05, 3.63) is 54.1 Å². The molecule has 0 aliphatic heterocycles. The van der Waals surface area contributed by atoms with Gasteiger partial charge in [0.1, 0.15) is 11.5 Å². The molecule has 0 aliphatic carbocycles. The molecule has 0 bridgehead atoms. The molecule has 0 atom stereocenters. The Morgan fingerprint density at radius 2 is 1.80 bits per heavy atom. The maximum Gasteiger partial charge on any atom is 0.387 e. The lowest BCUT2D eigenvalue weighted by molar-refractivity contribution is -0.0498. The summed E-state index contributed by atoms with van der Waals surface area (Å²) in [5, 5.41) is 3.23. The minimum Gasteiger partial charge on any atom is -0.497 e. The summed E-state index contributed by atoms with van der Waals surface area (Å²) in [4.78, 5) is 0. The highest BCUT2D eigenvalue weighted by atomic mass is 19.3. The number of anilines is 1. The first kappa shape index (κ1) is 14.1. The fourth-order valence-corrected chi connectivity index (χ4v) is 1.73. The summed E-state index contributed by atoms with van der Waals surface area (Å²) in [7, 11) is 1.61. The molecule has 2 aromatic rings. The predicted octanol–water partition coefficient (Wildman–Crippen LogP) is 3.91. The Kier molecular flexibility index (Phi) is 4.76. The Morgan fingerprint density at radius 1 is 1.05 bits per heavy atom. The van der Waals surface area contributed by atoms with Crippen molar-refractivity contribution in [2.45, 2.75) is 13.2 Å².